The van der Waals surface area contributed by atoms with Crippen molar-refractivity contribution < 1.29 is 9.53 Å². The normalized spacial score (nSPS) is 22.9. The zero-order chi connectivity index (χ0) is 13.0. The molecule has 1 atom stereocenters. The van der Waals surface area contributed by atoms with E-state index in [0.29, 0.717) is 12.6 Å². The number of likely N-dealkylation sites (tertiary alicyclic amines) is 1. The topological polar surface area (TPSA) is 41.6 Å². The summed E-state index contributed by atoms with van der Waals surface area (Å²) in [5, 5.41) is 3.66. The monoisotopic (exact) mass is 254 g/mol. The van der Waals surface area contributed by atoms with E-state index >= 15 is 0 Å². The second-order valence-corrected chi connectivity index (χ2v) is 5.68. The van der Waals surface area contributed by atoms with Crippen molar-refractivity contribution in [2.24, 2.45) is 11.8 Å². The van der Waals surface area contributed by atoms with Gasteiger partial charge in [0.25, 0.3) is 0 Å². The Labute approximate surface area is 110 Å². The first-order chi connectivity index (χ1) is 8.70. The molecule has 2 rings (SSSR count). The van der Waals surface area contributed by atoms with Gasteiger partial charge in [-0.3, -0.25) is 0 Å². The lowest BCUT2D eigenvalue weighted by Gasteiger charge is -2.32. The Hall–Kier alpha value is -0.770. The smallest absolute Gasteiger partial charge is 0.409 e. The molecule has 1 N–H and O–H groups in total. The minimum absolute atomic E-state index is 0.151. The van der Waals surface area contributed by atoms with E-state index in [1.165, 1.54) is 12.8 Å². The number of carbonyl (C=O) groups excluding carboxylic acids is 1. The van der Waals surface area contributed by atoms with Gasteiger partial charge in [0.2, 0.25) is 0 Å². The van der Waals surface area contributed by atoms with Crippen LogP contribution < -0.4 is 5.32 Å². The van der Waals surface area contributed by atoms with Crippen molar-refractivity contribution in [1.29, 1.82) is 0 Å². The van der Waals surface area contributed by atoms with Crippen LogP contribution in [0.1, 0.15) is 39.5 Å². The van der Waals surface area contributed by atoms with E-state index < -0.39 is 0 Å². The highest BCUT2D eigenvalue weighted by Crippen LogP contribution is 2.36. The first-order valence-electron chi connectivity index (χ1n) is 7.35. The van der Waals surface area contributed by atoms with Gasteiger partial charge in [-0.1, -0.05) is 6.92 Å². The summed E-state index contributed by atoms with van der Waals surface area (Å²) in [5.74, 6) is 1.78. The third kappa shape index (κ3) is 3.87. The highest BCUT2D eigenvalue weighted by atomic mass is 16.6. The molecule has 0 radical (unpaired) electrons. The molecule has 104 valence electrons. The molecule has 1 saturated carbocycles. The van der Waals surface area contributed by atoms with E-state index in [-0.39, 0.29) is 6.09 Å². The number of nitrogens with one attached hydrogen (secondary N) is 1. The van der Waals surface area contributed by atoms with Crippen LogP contribution in [-0.4, -0.2) is 43.3 Å². The van der Waals surface area contributed by atoms with E-state index in [9.17, 15) is 4.79 Å². The van der Waals surface area contributed by atoms with Gasteiger partial charge < -0.3 is 15.0 Å². The van der Waals surface area contributed by atoms with Crippen molar-refractivity contribution in [3.05, 3.63) is 0 Å². The van der Waals surface area contributed by atoms with Crippen LogP contribution in [0, 0.1) is 11.8 Å². The van der Waals surface area contributed by atoms with E-state index in [1.807, 2.05) is 11.8 Å². The Balaban J connectivity index is 1.62. The molecule has 1 unspecified atom stereocenters. The van der Waals surface area contributed by atoms with Gasteiger partial charge in [-0.15, -0.1) is 0 Å². The lowest BCUT2D eigenvalue weighted by Crippen LogP contribution is -2.46. The standard InChI is InChI=1S/C14H26N2O2/c1-3-18-14(17)16-8-6-13(7-9-16)15-10-11(2)12-4-5-12/h11-13,15H,3-10H2,1-2H3. The molecule has 18 heavy (non-hydrogen) atoms. The molecule has 1 amide bonds. The fourth-order valence-electron chi connectivity index (χ4n) is 2.67. The Bertz CT molecular complexity index is 271. The number of piperidine rings is 1. The molecule has 1 heterocycles. The molecule has 2 aliphatic rings. The average molecular weight is 254 g/mol. The minimum atomic E-state index is -0.151. The van der Waals surface area contributed by atoms with Crippen LogP contribution in [0.4, 0.5) is 4.79 Å². The maximum Gasteiger partial charge on any atom is 0.409 e. The minimum Gasteiger partial charge on any atom is -0.450 e. The fraction of sp³-hybridized carbons (Fsp3) is 0.929. The molecule has 0 bridgehead atoms. The van der Waals surface area contributed by atoms with Crippen molar-refractivity contribution in [3.8, 4) is 0 Å². The summed E-state index contributed by atoms with van der Waals surface area (Å²) in [6.07, 6.45) is 4.79. The number of hydrogen-bond donors (Lipinski definition) is 1. The van der Waals surface area contributed by atoms with Gasteiger partial charge >= 0.3 is 6.09 Å². The van der Waals surface area contributed by atoms with Gasteiger partial charge in [-0.2, -0.15) is 0 Å². The van der Waals surface area contributed by atoms with Gasteiger partial charge in [0.1, 0.15) is 0 Å². The highest BCUT2D eigenvalue weighted by Gasteiger charge is 2.29. The quantitative estimate of drug-likeness (QED) is 0.818. The molecule has 0 aromatic heterocycles. The van der Waals surface area contributed by atoms with Crippen molar-refractivity contribution in [3.63, 3.8) is 0 Å². The molecular formula is C14H26N2O2. The van der Waals surface area contributed by atoms with E-state index in [0.717, 1.165) is 44.3 Å². The Morgan fingerprint density at radius 1 is 1.33 bits per heavy atom. The first-order valence-corrected chi connectivity index (χ1v) is 7.35. The van der Waals surface area contributed by atoms with Crippen LogP contribution >= 0.6 is 0 Å². The number of hydrogen-bond acceptors (Lipinski definition) is 3. The fourth-order valence-corrected chi connectivity index (χ4v) is 2.67. The molecule has 4 heteroatoms. The van der Waals surface area contributed by atoms with Crippen LogP contribution in [0.25, 0.3) is 0 Å². The predicted molar refractivity (Wildman–Crippen MR) is 71.5 cm³/mol. The second kappa shape index (κ2) is 6.41. The highest BCUT2D eigenvalue weighted by molar-refractivity contribution is 5.67. The van der Waals surface area contributed by atoms with Gasteiger partial charge in [0.05, 0.1) is 6.61 Å². The van der Waals surface area contributed by atoms with E-state index in [1.54, 1.807) is 0 Å². The zero-order valence-electron chi connectivity index (χ0n) is 11.7. The zero-order valence-corrected chi connectivity index (χ0v) is 11.7. The summed E-state index contributed by atoms with van der Waals surface area (Å²) in [6.45, 7) is 7.46. The van der Waals surface area contributed by atoms with E-state index in [4.69, 9.17) is 4.74 Å². The molecule has 2 fully saturated rings. The third-order valence-electron chi connectivity index (χ3n) is 4.18. The molecule has 0 aromatic rings. The number of amides is 1. The van der Waals surface area contributed by atoms with Crippen molar-refractivity contribution >= 4 is 6.09 Å². The van der Waals surface area contributed by atoms with Crippen LogP contribution in [-0.2, 0) is 4.74 Å². The SMILES string of the molecule is CCOC(=O)N1CCC(NCC(C)C2CC2)CC1. The largest absolute Gasteiger partial charge is 0.450 e. The van der Waals surface area contributed by atoms with E-state index in [2.05, 4.69) is 12.2 Å². The third-order valence-corrected chi connectivity index (χ3v) is 4.18. The Morgan fingerprint density at radius 2 is 2.00 bits per heavy atom. The average Bonchev–Trinajstić information content (AvgIpc) is 3.21. The summed E-state index contributed by atoms with van der Waals surface area (Å²) in [6, 6.07) is 0.580. The van der Waals surface area contributed by atoms with Crippen LogP contribution in [0.15, 0.2) is 0 Å². The molecular weight excluding hydrogens is 228 g/mol. The Morgan fingerprint density at radius 3 is 2.56 bits per heavy atom. The summed E-state index contributed by atoms with van der Waals surface area (Å²) in [7, 11) is 0. The lowest BCUT2D eigenvalue weighted by atomic mass is 10.0. The number of ether oxygens (including phenoxy) is 1. The van der Waals surface area contributed by atoms with Gasteiger partial charge in [0.15, 0.2) is 0 Å². The lowest BCUT2D eigenvalue weighted by molar-refractivity contribution is 0.0947. The summed E-state index contributed by atoms with van der Waals surface area (Å²) < 4.78 is 5.02. The molecule has 0 aromatic carbocycles. The molecule has 1 aliphatic heterocycles. The molecule has 4 nitrogen and oxygen atoms in total. The van der Waals surface area contributed by atoms with Gasteiger partial charge in [-0.25, -0.2) is 4.79 Å². The maximum absolute atomic E-state index is 11.6. The van der Waals surface area contributed by atoms with Crippen LogP contribution in [0.2, 0.25) is 0 Å². The van der Waals surface area contributed by atoms with Gasteiger partial charge in [-0.05, 0) is 51.0 Å². The van der Waals surface area contributed by atoms with Crippen LogP contribution in [0.5, 0.6) is 0 Å². The summed E-state index contributed by atoms with van der Waals surface area (Å²) in [4.78, 5) is 13.4. The van der Waals surface area contributed by atoms with Crippen molar-refractivity contribution in [2.75, 3.05) is 26.2 Å². The summed E-state index contributed by atoms with van der Waals surface area (Å²) in [5.41, 5.74) is 0. The molecule has 0 spiro atoms. The number of nitrogens with zero attached hydrogens (tertiary/aromatic N) is 1. The predicted octanol–water partition coefficient (Wildman–Crippen LogP) is 2.24. The molecule has 1 saturated heterocycles. The van der Waals surface area contributed by atoms with Gasteiger partial charge in [0, 0.05) is 19.1 Å². The maximum atomic E-state index is 11.6. The number of rotatable bonds is 5. The Kier molecular flexibility index (Phi) is 4.87. The van der Waals surface area contributed by atoms with Crippen molar-refractivity contribution in [1.82, 2.24) is 10.2 Å². The molecule has 1 aliphatic carbocycles. The first kappa shape index (κ1) is 13.7. The summed E-state index contributed by atoms with van der Waals surface area (Å²) >= 11 is 0. The second-order valence-electron chi connectivity index (χ2n) is 5.68. The van der Waals surface area contributed by atoms with Crippen molar-refractivity contribution in [2.45, 2.75) is 45.6 Å². The van der Waals surface area contributed by atoms with Crippen LogP contribution in [0.3, 0.4) is 0 Å². The number of carbonyl (C=O) groups is 1.